The molecule has 0 spiro atoms. The maximum Gasteiger partial charge on any atom is 0.240 e. The van der Waals surface area contributed by atoms with E-state index in [1.165, 1.54) is 12.1 Å². The molecule has 1 atom stereocenters. The smallest absolute Gasteiger partial charge is 0.240 e. The van der Waals surface area contributed by atoms with Gasteiger partial charge in [-0.3, -0.25) is 0 Å². The zero-order valence-corrected chi connectivity index (χ0v) is 13.4. The van der Waals surface area contributed by atoms with Crippen molar-refractivity contribution in [3.05, 3.63) is 29.3 Å². The SMILES string of the molecule is Cc1ccc(S(=O)(=O)NCC2CCS(=O)(=O)C2)cc1CO. The summed E-state index contributed by atoms with van der Waals surface area (Å²) in [6.07, 6.45) is 0.487. The summed E-state index contributed by atoms with van der Waals surface area (Å²) in [6, 6.07) is 4.55. The van der Waals surface area contributed by atoms with Gasteiger partial charge in [0.05, 0.1) is 23.0 Å². The Balaban J connectivity index is 2.09. The third kappa shape index (κ3) is 4.03. The first kappa shape index (κ1) is 16.4. The van der Waals surface area contributed by atoms with Gasteiger partial charge in [0.15, 0.2) is 9.84 Å². The normalized spacial score (nSPS) is 21.5. The molecule has 1 aromatic rings. The zero-order chi connectivity index (χ0) is 15.7. The van der Waals surface area contributed by atoms with Crippen LogP contribution in [0, 0.1) is 12.8 Å². The predicted molar refractivity (Wildman–Crippen MR) is 79.1 cm³/mol. The highest BCUT2D eigenvalue weighted by molar-refractivity contribution is 7.91. The average molecular weight is 333 g/mol. The second-order valence-electron chi connectivity index (χ2n) is 5.37. The highest BCUT2D eigenvalue weighted by atomic mass is 32.2. The molecule has 8 heteroatoms. The van der Waals surface area contributed by atoms with Crippen molar-refractivity contribution in [2.24, 2.45) is 5.92 Å². The Hall–Kier alpha value is -0.960. The van der Waals surface area contributed by atoms with Crippen LogP contribution in [0.3, 0.4) is 0 Å². The molecule has 0 saturated carbocycles. The lowest BCUT2D eigenvalue weighted by Gasteiger charge is -2.12. The number of rotatable bonds is 5. The highest BCUT2D eigenvalue weighted by Crippen LogP contribution is 2.19. The number of sulfone groups is 1. The van der Waals surface area contributed by atoms with Crippen LogP contribution in [0.2, 0.25) is 0 Å². The Kier molecular flexibility index (Phi) is 4.72. The minimum Gasteiger partial charge on any atom is -0.392 e. The van der Waals surface area contributed by atoms with E-state index in [9.17, 15) is 21.9 Å². The van der Waals surface area contributed by atoms with Crippen molar-refractivity contribution >= 4 is 19.9 Å². The molecule has 1 heterocycles. The van der Waals surface area contributed by atoms with Crippen LogP contribution >= 0.6 is 0 Å². The maximum atomic E-state index is 12.2. The number of benzene rings is 1. The number of hydrogen-bond acceptors (Lipinski definition) is 5. The summed E-state index contributed by atoms with van der Waals surface area (Å²) >= 11 is 0. The van der Waals surface area contributed by atoms with Gasteiger partial charge in [-0.1, -0.05) is 6.07 Å². The summed E-state index contributed by atoms with van der Waals surface area (Å²) in [7, 11) is -6.70. The zero-order valence-electron chi connectivity index (χ0n) is 11.7. The van der Waals surface area contributed by atoms with Gasteiger partial charge in [0.2, 0.25) is 10.0 Å². The van der Waals surface area contributed by atoms with E-state index in [1.807, 2.05) is 0 Å². The monoisotopic (exact) mass is 333 g/mol. The summed E-state index contributed by atoms with van der Waals surface area (Å²) in [5.41, 5.74) is 1.37. The molecule has 2 N–H and O–H groups in total. The molecule has 21 heavy (non-hydrogen) atoms. The van der Waals surface area contributed by atoms with Crippen LogP contribution in [0.4, 0.5) is 0 Å². The summed E-state index contributed by atoms with van der Waals surface area (Å²) in [5.74, 6) is -0.0169. The lowest BCUT2D eigenvalue weighted by molar-refractivity contribution is 0.280. The van der Waals surface area contributed by atoms with E-state index < -0.39 is 19.9 Å². The van der Waals surface area contributed by atoms with Crippen molar-refractivity contribution in [2.75, 3.05) is 18.1 Å². The summed E-state index contributed by atoms with van der Waals surface area (Å²) in [6.45, 7) is 1.68. The molecule has 1 aliphatic rings. The largest absolute Gasteiger partial charge is 0.392 e. The molecule has 6 nitrogen and oxygen atoms in total. The van der Waals surface area contributed by atoms with Crippen molar-refractivity contribution in [3.63, 3.8) is 0 Å². The average Bonchev–Trinajstić information content (AvgIpc) is 2.76. The third-order valence-electron chi connectivity index (χ3n) is 3.69. The number of aryl methyl sites for hydroxylation is 1. The summed E-state index contributed by atoms with van der Waals surface area (Å²) in [4.78, 5) is 0.0815. The number of aliphatic hydroxyl groups excluding tert-OH is 1. The lowest BCUT2D eigenvalue weighted by Crippen LogP contribution is -2.30. The van der Waals surface area contributed by atoms with Crippen molar-refractivity contribution in [1.82, 2.24) is 4.72 Å². The van der Waals surface area contributed by atoms with Crippen LogP contribution in [-0.2, 0) is 26.5 Å². The van der Waals surface area contributed by atoms with Crippen molar-refractivity contribution in [1.29, 1.82) is 0 Å². The van der Waals surface area contributed by atoms with Crippen LogP contribution in [0.25, 0.3) is 0 Å². The molecule has 1 aromatic carbocycles. The first-order valence-electron chi connectivity index (χ1n) is 6.64. The lowest BCUT2D eigenvalue weighted by atomic mass is 10.1. The van der Waals surface area contributed by atoms with E-state index in [4.69, 9.17) is 0 Å². The van der Waals surface area contributed by atoms with Gasteiger partial charge in [0.1, 0.15) is 0 Å². The van der Waals surface area contributed by atoms with E-state index >= 15 is 0 Å². The fourth-order valence-electron chi connectivity index (χ4n) is 2.33. The molecule has 0 aliphatic carbocycles. The van der Waals surface area contributed by atoms with E-state index in [1.54, 1.807) is 13.0 Å². The van der Waals surface area contributed by atoms with Gasteiger partial charge in [-0.05, 0) is 42.5 Å². The first-order chi connectivity index (χ1) is 9.73. The topological polar surface area (TPSA) is 101 Å². The fraction of sp³-hybridized carbons (Fsp3) is 0.538. The van der Waals surface area contributed by atoms with E-state index in [0.29, 0.717) is 12.0 Å². The van der Waals surface area contributed by atoms with Gasteiger partial charge in [0, 0.05) is 6.54 Å². The molecule has 1 fully saturated rings. The molecule has 0 aromatic heterocycles. The molecular weight excluding hydrogens is 314 g/mol. The van der Waals surface area contributed by atoms with Gasteiger partial charge in [-0.2, -0.15) is 0 Å². The summed E-state index contributed by atoms with van der Waals surface area (Å²) in [5, 5.41) is 9.19. The second-order valence-corrected chi connectivity index (χ2v) is 9.36. The van der Waals surface area contributed by atoms with Crippen LogP contribution in [0.5, 0.6) is 0 Å². The standard InChI is InChI=1S/C13H19NO5S2/c1-10-2-3-13(6-12(10)8-15)21(18,19)14-7-11-4-5-20(16,17)9-11/h2-3,6,11,14-15H,4-5,7-9H2,1H3. The maximum absolute atomic E-state index is 12.2. The predicted octanol–water partition coefficient (Wildman–Crippen LogP) is 0.200. The molecule has 1 saturated heterocycles. The van der Waals surface area contributed by atoms with E-state index in [2.05, 4.69) is 4.72 Å². The quantitative estimate of drug-likeness (QED) is 0.802. The molecule has 0 bridgehead atoms. The van der Waals surface area contributed by atoms with Crippen molar-refractivity contribution < 1.29 is 21.9 Å². The van der Waals surface area contributed by atoms with Gasteiger partial charge in [-0.15, -0.1) is 0 Å². The molecule has 1 unspecified atom stereocenters. The first-order valence-corrected chi connectivity index (χ1v) is 9.94. The van der Waals surface area contributed by atoms with Crippen molar-refractivity contribution in [3.8, 4) is 0 Å². The molecule has 2 rings (SSSR count). The molecule has 118 valence electrons. The van der Waals surface area contributed by atoms with Crippen LogP contribution in [0.1, 0.15) is 17.5 Å². The van der Waals surface area contributed by atoms with Gasteiger partial charge in [-0.25, -0.2) is 21.6 Å². The van der Waals surface area contributed by atoms with E-state index in [0.717, 1.165) is 5.56 Å². The molecule has 0 radical (unpaired) electrons. The van der Waals surface area contributed by atoms with Crippen LogP contribution in [0.15, 0.2) is 23.1 Å². The van der Waals surface area contributed by atoms with Crippen LogP contribution in [-0.4, -0.2) is 40.0 Å². The minimum absolute atomic E-state index is 0.0330. The summed E-state index contributed by atoms with van der Waals surface area (Å²) < 4.78 is 49.5. The van der Waals surface area contributed by atoms with Crippen molar-refractivity contribution in [2.45, 2.75) is 24.8 Å². The van der Waals surface area contributed by atoms with Gasteiger partial charge in [0.25, 0.3) is 0 Å². The third-order valence-corrected chi connectivity index (χ3v) is 6.95. The number of hydrogen-bond donors (Lipinski definition) is 2. The molecular formula is C13H19NO5S2. The Bertz CT molecular complexity index is 725. The highest BCUT2D eigenvalue weighted by Gasteiger charge is 2.29. The van der Waals surface area contributed by atoms with Gasteiger partial charge < -0.3 is 5.11 Å². The molecule has 0 amide bonds. The molecule has 1 aliphatic heterocycles. The number of sulfonamides is 1. The Labute approximate surface area is 125 Å². The van der Waals surface area contributed by atoms with Gasteiger partial charge >= 0.3 is 0 Å². The van der Waals surface area contributed by atoms with E-state index in [-0.39, 0.29) is 35.5 Å². The number of nitrogens with one attached hydrogen (secondary N) is 1. The Morgan fingerprint density at radius 3 is 2.67 bits per heavy atom. The Morgan fingerprint density at radius 1 is 1.38 bits per heavy atom. The fourth-order valence-corrected chi connectivity index (χ4v) is 5.36. The van der Waals surface area contributed by atoms with Crippen LogP contribution < -0.4 is 4.72 Å². The Morgan fingerprint density at radius 2 is 2.10 bits per heavy atom. The second kappa shape index (κ2) is 6.04. The minimum atomic E-state index is -3.69. The number of aliphatic hydroxyl groups is 1.